The van der Waals surface area contributed by atoms with E-state index in [1.807, 2.05) is 37.3 Å². The highest BCUT2D eigenvalue weighted by molar-refractivity contribution is 6.06. The number of aromatic nitrogens is 2. The first-order chi connectivity index (χ1) is 14.0. The van der Waals surface area contributed by atoms with Crippen molar-refractivity contribution in [3.05, 3.63) is 58.4 Å². The van der Waals surface area contributed by atoms with Crippen LogP contribution in [-0.2, 0) is 9.53 Å². The summed E-state index contributed by atoms with van der Waals surface area (Å²) >= 11 is 0. The van der Waals surface area contributed by atoms with Gasteiger partial charge in [-0.2, -0.15) is 0 Å². The molecule has 2 aromatic heterocycles. The maximum Gasteiger partial charge on any atom is 0.307 e. The lowest BCUT2D eigenvalue weighted by molar-refractivity contribution is -0.141. The van der Waals surface area contributed by atoms with Gasteiger partial charge in [-0.25, -0.2) is 4.98 Å². The van der Waals surface area contributed by atoms with Gasteiger partial charge in [0.2, 0.25) is 0 Å². The number of nitrogens with zero attached hydrogens (tertiary/aromatic N) is 2. The van der Waals surface area contributed by atoms with Crippen LogP contribution in [0, 0.1) is 13.8 Å². The Balaban J connectivity index is 1.69. The van der Waals surface area contributed by atoms with Gasteiger partial charge in [-0.3, -0.25) is 9.59 Å². The molecule has 7 heteroatoms. The van der Waals surface area contributed by atoms with Crippen molar-refractivity contribution in [3.63, 3.8) is 0 Å². The molecule has 7 nitrogen and oxygen atoms in total. The highest BCUT2D eigenvalue weighted by Crippen LogP contribution is 2.40. The van der Waals surface area contributed by atoms with Crippen LogP contribution in [0.1, 0.15) is 64.1 Å². The molecule has 1 aliphatic carbocycles. The Bertz CT molecular complexity index is 1070. The van der Waals surface area contributed by atoms with Gasteiger partial charge >= 0.3 is 5.97 Å². The number of aryl methyl sites for hydroxylation is 2. The molecule has 1 N–H and O–H groups in total. The zero-order chi connectivity index (χ0) is 20.5. The Hall–Kier alpha value is -3.22. The summed E-state index contributed by atoms with van der Waals surface area (Å²) in [6, 6.07) is 9.03. The zero-order valence-corrected chi connectivity index (χ0v) is 16.7. The third-order valence-electron chi connectivity index (χ3n) is 5.26. The number of pyridine rings is 1. The van der Waals surface area contributed by atoms with Crippen molar-refractivity contribution < 1.29 is 18.8 Å². The first-order valence-electron chi connectivity index (χ1n) is 9.67. The van der Waals surface area contributed by atoms with Gasteiger partial charge in [-0.1, -0.05) is 35.0 Å². The average molecular weight is 393 g/mol. The Morgan fingerprint density at radius 1 is 1.24 bits per heavy atom. The lowest BCUT2D eigenvalue weighted by Crippen LogP contribution is -2.31. The summed E-state index contributed by atoms with van der Waals surface area (Å²) in [4.78, 5) is 29.7. The van der Waals surface area contributed by atoms with Crippen molar-refractivity contribution >= 4 is 23.0 Å². The maximum absolute atomic E-state index is 13.3. The molecule has 1 atom stereocenters. The SMILES string of the molecule is COC(=O)C[C@H](NC(=O)c1cc(C2CC2)nc2onc(C)c12)c1ccc(C)cc1. The summed E-state index contributed by atoms with van der Waals surface area (Å²) in [5, 5.41) is 7.57. The van der Waals surface area contributed by atoms with Crippen molar-refractivity contribution in [3.8, 4) is 0 Å². The fraction of sp³-hybridized carbons (Fsp3) is 0.364. The molecule has 0 spiro atoms. The summed E-state index contributed by atoms with van der Waals surface area (Å²) in [5.74, 6) is -0.324. The Morgan fingerprint density at radius 2 is 1.97 bits per heavy atom. The van der Waals surface area contributed by atoms with Crippen LogP contribution in [0.3, 0.4) is 0 Å². The predicted molar refractivity (Wildman–Crippen MR) is 107 cm³/mol. The van der Waals surface area contributed by atoms with Gasteiger partial charge < -0.3 is 14.6 Å². The molecule has 4 rings (SSSR count). The molecule has 0 bridgehead atoms. The second-order valence-corrected chi connectivity index (χ2v) is 7.53. The molecule has 0 unspecified atom stereocenters. The second kappa shape index (κ2) is 7.66. The number of hydrogen-bond donors (Lipinski definition) is 1. The summed E-state index contributed by atoms with van der Waals surface area (Å²) in [7, 11) is 1.34. The fourth-order valence-corrected chi connectivity index (χ4v) is 3.42. The van der Waals surface area contributed by atoms with Gasteiger partial charge in [0.1, 0.15) is 0 Å². The molecule has 0 aliphatic heterocycles. The van der Waals surface area contributed by atoms with Crippen LogP contribution >= 0.6 is 0 Å². The van der Waals surface area contributed by atoms with E-state index in [9.17, 15) is 9.59 Å². The monoisotopic (exact) mass is 393 g/mol. The van der Waals surface area contributed by atoms with Crippen LogP contribution in [0.5, 0.6) is 0 Å². The summed E-state index contributed by atoms with van der Waals surface area (Å²) < 4.78 is 10.2. The van der Waals surface area contributed by atoms with Gasteiger partial charge in [-0.05, 0) is 38.3 Å². The number of methoxy groups -OCH3 is 1. The summed E-state index contributed by atoms with van der Waals surface area (Å²) in [6.45, 7) is 3.77. The van der Waals surface area contributed by atoms with E-state index in [1.165, 1.54) is 7.11 Å². The number of ether oxygens (including phenoxy) is 1. The minimum absolute atomic E-state index is 0.0393. The van der Waals surface area contributed by atoms with Gasteiger partial charge in [-0.15, -0.1) is 0 Å². The van der Waals surface area contributed by atoms with E-state index >= 15 is 0 Å². The van der Waals surface area contributed by atoms with Crippen molar-refractivity contribution in [2.24, 2.45) is 0 Å². The zero-order valence-electron chi connectivity index (χ0n) is 16.7. The van der Waals surface area contributed by atoms with Crippen molar-refractivity contribution in [1.82, 2.24) is 15.5 Å². The van der Waals surface area contributed by atoms with Crippen LogP contribution in [0.4, 0.5) is 0 Å². The Labute approximate surface area is 168 Å². The van der Waals surface area contributed by atoms with Crippen LogP contribution in [-0.4, -0.2) is 29.1 Å². The van der Waals surface area contributed by atoms with E-state index in [0.29, 0.717) is 28.3 Å². The maximum atomic E-state index is 13.3. The van der Waals surface area contributed by atoms with E-state index in [1.54, 1.807) is 6.92 Å². The molecule has 1 fully saturated rings. The number of carbonyl (C=O) groups is 2. The predicted octanol–water partition coefficient (Wildman–Crippen LogP) is 3.75. The van der Waals surface area contributed by atoms with Gasteiger partial charge in [0.05, 0.1) is 36.2 Å². The van der Waals surface area contributed by atoms with Gasteiger partial charge in [0, 0.05) is 11.6 Å². The standard InChI is InChI=1S/C22H23N3O4/c1-12-4-6-14(7-5-12)18(11-19(26)28-3)23-21(27)16-10-17(15-8-9-15)24-22-20(16)13(2)25-29-22/h4-7,10,15,18H,8-9,11H2,1-3H3,(H,23,27)/t18-/m0/s1. The van der Waals surface area contributed by atoms with Gasteiger partial charge in [0.15, 0.2) is 0 Å². The third kappa shape index (κ3) is 3.99. The van der Waals surface area contributed by atoms with Crippen molar-refractivity contribution in [2.45, 2.75) is 45.1 Å². The molecule has 0 radical (unpaired) electrons. The van der Waals surface area contributed by atoms with Crippen LogP contribution in [0.15, 0.2) is 34.9 Å². The molecular weight excluding hydrogens is 370 g/mol. The smallest absolute Gasteiger partial charge is 0.307 e. The highest BCUT2D eigenvalue weighted by Gasteiger charge is 2.29. The molecular formula is C22H23N3O4. The molecule has 150 valence electrons. The molecule has 1 saturated carbocycles. The van der Waals surface area contributed by atoms with E-state index in [2.05, 4.69) is 15.5 Å². The Kier molecular flexibility index (Phi) is 5.05. The number of rotatable bonds is 6. The number of nitrogens with one attached hydrogen (secondary N) is 1. The first kappa shape index (κ1) is 19.1. The van der Waals surface area contributed by atoms with E-state index < -0.39 is 12.0 Å². The van der Waals surface area contributed by atoms with E-state index in [-0.39, 0.29) is 12.3 Å². The topological polar surface area (TPSA) is 94.3 Å². The third-order valence-corrected chi connectivity index (χ3v) is 5.26. The molecule has 1 aliphatic rings. The number of benzene rings is 1. The molecule has 3 aromatic rings. The number of hydrogen-bond acceptors (Lipinski definition) is 6. The number of esters is 1. The van der Waals surface area contributed by atoms with Crippen molar-refractivity contribution in [2.75, 3.05) is 7.11 Å². The average Bonchev–Trinajstić information content (AvgIpc) is 3.50. The lowest BCUT2D eigenvalue weighted by atomic mass is 10.0. The molecule has 2 heterocycles. The van der Waals surface area contributed by atoms with Crippen molar-refractivity contribution in [1.29, 1.82) is 0 Å². The lowest BCUT2D eigenvalue weighted by Gasteiger charge is -2.19. The van der Waals surface area contributed by atoms with Crippen LogP contribution < -0.4 is 5.32 Å². The minimum atomic E-state index is -0.511. The largest absolute Gasteiger partial charge is 0.469 e. The second-order valence-electron chi connectivity index (χ2n) is 7.53. The van der Waals surface area contributed by atoms with E-state index in [0.717, 1.165) is 29.7 Å². The first-order valence-corrected chi connectivity index (χ1v) is 9.67. The van der Waals surface area contributed by atoms with Crippen LogP contribution in [0.2, 0.25) is 0 Å². The quantitative estimate of drug-likeness (QED) is 0.641. The fourth-order valence-electron chi connectivity index (χ4n) is 3.42. The molecule has 0 saturated heterocycles. The Morgan fingerprint density at radius 3 is 2.62 bits per heavy atom. The number of amides is 1. The van der Waals surface area contributed by atoms with E-state index in [4.69, 9.17) is 9.26 Å². The highest BCUT2D eigenvalue weighted by atomic mass is 16.5. The molecule has 1 aromatic carbocycles. The normalized spacial score (nSPS) is 14.6. The number of fused-ring (bicyclic) bond motifs is 1. The molecule has 1 amide bonds. The van der Waals surface area contributed by atoms with Crippen LogP contribution in [0.25, 0.3) is 11.1 Å². The number of carbonyl (C=O) groups excluding carboxylic acids is 2. The van der Waals surface area contributed by atoms with Gasteiger partial charge in [0.25, 0.3) is 11.6 Å². The summed E-state index contributed by atoms with van der Waals surface area (Å²) in [6.07, 6.45) is 2.15. The summed E-state index contributed by atoms with van der Waals surface area (Å²) in [5.41, 5.74) is 4.24. The molecule has 29 heavy (non-hydrogen) atoms. The minimum Gasteiger partial charge on any atom is -0.469 e.